The Labute approximate surface area is 156 Å². The van der Waals surface area contributed by atoms with Crippen LogP contribution >= 0.6 is 0 Å². The van der Waals surface area contributed by atoms with E-state index in [1.54, 1.807) is 26.1 Å². The zero-order valence-corrected chi connectivity index (χ0v) is 15.5. The lowest BCUT2D eigenvalue weighted by Gasteiger charge is -2.35. The summed E-state index contributed by atoms with van der Waals surface area (Å²) < 4.78 is 39.4. The highest BCUT2D eigenvalue weighted by Gasteiger charge is 2.30. The lowest BCUT2D eigenvalue weighted by Crippen LogP contribution is -2.48. The molecule has 3 heterocycles. The van der Waals surface area contributed by atoms with Gasteiger partial charge >= 0.3 is 6.18 Å². The summed E-state index contributed by atoms with van der Waals surface area (Å²) in [5, 5.41) is 0. The number of carbonyl (C=O) groups is 1. The molecule has 0 N–H and O–H groups in total. The Hall–Kier alpha value is -2.35. The number of ketones is 1. The minimum Gasteiger partial charge on any atom is -0.354 e. The molecule has 0 amide bonds. The van der Waals surface area contributed by atoms with Gasteiger partial charge in [0.1, 0.15) is 12.4 Å². The van der Waals surface area contributed by atoms with Gasteiger partial charge in [-0.05, 0) is 32.0 Å². The van der Waals surface area contributed by atoms with Crippen molar-refractivity contribution in [2.24, 2.45) is 0 Å². The van der Waals surface area contributed by atoms with E-state index in [1.165, 1.54) is 0 Å². The van der Waals surface area contributed by atoms with Crippen LogP contribution in [0.1, 0.15) is 21.7 Å². The van der Waals surface area contributed by atoms with Crippen LogP contribution in [-0.4, -0.2) is 59.1 Å². The topological polar surface area (TPSA) is 41.4 Å². The number of Topliss-reactive ketones (excluding diaryl/α,β-unsaturated/α-hetero) is 1. The van der Waals surface area contributed by atoms with Gasteiger partial charge in [-0.1, -0.05) is 6.07 Å². The van der Waals surface area contributed by atoms with E-state index in [0.717, 1.165) is 23.5 Å². The van der Waals surface area contributed by atoms with Crippen LogP contribution in [-0.2, 0) is 6.54 Å². The molecule has 2 aromatic rings. The molecule has 27 heavy (non-hydrogen) atoms. The van der Waals surface area contributed by atoms with E-state index in [9.17, 15) is 18.0 Å². The first kappa shape index (κ1) is 19.4. The van der Waals surface area contributed by atoms with Crippen molar-refractivity contribution in [1.29, 1.82) is 0 Å². The highest BCUT2D eigenvalue weighted by atomic mass is 19.4. The highest BCUT2D eigenvalue weighted by molar-refractivity contribution is 5.99. The van der Waals surface area contributed by atoms with Crippen LogP contribution in [0.25, 0.3) is 0 Å². The Bertz CT molecular complexity index is 793. The fourth-order valence-electron chi connectivity index (χ4n) is 3.47. The van der Waals surface area contributed by atoms with E-state index in [0.29, 0.717) is 30.0 Å². The Balaban J connectivity index is 1.61. The van der Waals surface area contributed by atoms with Crippen molar-refractivity contribution in [2.45, 2.75) is 26.6 Å². The van der Waals surface area contributed by atoms with Crippen LogP contribution in [0.5, 0.6) is 0 Å². The standard InChI is InChI=1S/C19H23F3N4O/c1-14-11-16(15(2)26(14)13-19(20,21)22)17(27)12-24-7-9-25(10-8-24)18-5-3-4-6-23-18/h3-6,11H,7-10,12-13H2,1-2H3. The summed E-state index contributed by atoms with van der Waals surface area (Å²) in [5.41, 5.74) is 1.21. The molecule has 0 spiro atoms. The van der Waals surface area contributed by atoms with Gasteiger partial charge in [-0.25, -0.2) is 4.98 Å². The number of halogens is 3. The van der Waals surface area contributed by atoms with Gasteiger partial charge in [-0.3, -0.25) is 9.69 Å². The molecule has 0 saturated carbocycles. The van der Waals surface area contributed by atoms with Gasteiger partial charge < -0.3 is 9.47 Å². The molecule has 0 radical (unpaired) electrons. The second kappa shape index (κ2) is 7.72. The normalized spacial score (nSPS) is 16.0. The third kappa shape index (κ3) is 4.68. The molecule has 146 valence electrons. The predicted octanol–water partition coefficient (Wildman–Crippen LogP) is 3.07. The van der Waals surface area contributed by atoms with Crippen molar-refractivity contribution in [1.82, 2.24) is 14.5 Å². The number of rotatable bonds is 5. The van der Waals surface area contributed by atoms with Crippen molar-refractivity contribution < 1.29 is 18.0 Å². The molecule has 1 saturated heterocycles. The molecule has 0 atom stereocenters. The quantitative estimate of drug-likeness (QED) is 0.748. The molecule has 1 aliphatic rings. The minimum absolute atomic E-state index is 0.136. The van der Waals surface area contributed by atoms with E-state index in [2.05, 4.69) is 9.88 Å². The molecule has 1 fully saturated rings. The predicted molar refractivity (Wildman–Crippen MR) is 97.2 cm³/mol. The van der Waals surface area contributed by atoms with Gasteiger partial charge in [0.2, 0.25) is 0 Å². The van der Waals surface area contributed by atoms with Gasteiger partial charge in [0.25, 0.3) is 0 Å². The molecule has 0 bridgehead atoms. The van der Waals surface area contributed by atoms with Crippen molar-refractivity contribution in [3.05, 3.63) is 47.4 Å². The first-order chi connectivity index (χ1) is 12.7. The number of pyridine rings is 1. The summed E-state index contributed by atoms with van der Waals surface area (Å²) in [6.45, 7) is 5.27. The van der Waals surface area contributed by atoms with E-state index in [4.69, 9.17) is 0 Å². The van der Waals surface area contributed by atoms with Gasteiger partial charge in [-0.2, -0.15) is 13.2 Å². The Kier molecular flexibility index (Phi) is 5.55. The maximum atomic E-state index is 12.7. The monoisotopic (exact) mass is 380 g/mol. The third-order valence-corrected chi connectivity index (χ3v) is 4.92. The molecule has 8 heteroatoms. The van der Waals surface area contributed by atoms with Crippen molar-refractivity contribution in [3.8, 4) is 0 Å². The fraction of sp³-hybridized carbons (Fsp3) is 0.474. The number of piperazine rings is 1. The summed E-state index contributed by atoms with van der Waals surface area (Å²) in [5.74, 6) is 0.780. The van der Waals surface area contributed by atoms with Crippen LogP contribution in [0.4, 0.5) is 19.0 Å². The molecular weight excluding hydrogens is 357 g/mol. The van der Waals surface area contributed by atoms with Crippen LogP contribution in [0, 0.1) is 13.8 Å². The van der Waals surface area contributed by atoms with Gasteiger partial charge in [0, 0.05) is 49.3 Å². The zero-order chi connectivity index (χ0) is 19.6. The SMILES string of the molecule is Cc1cc(C(=O)CN2CCN(c3ccccn3)CC2)c(C)n1CC(F)(F)F. The first-order valence-corrected chi connectivity index (χ1v) is 8.89. The molecule has 0 unspecified atom stereocenters. The Morgan fingerprint density at radius 1 is 1.15 bits per heavy atom. The molecule has 5 nitrogen and oxygen atoms in total. The van der Waals surface area contributed by atoms with Gasteiger partial charge in [0.15, 0.2) is 5.78 Å². The first-order valence-electron chi connectivity index (χ1n) is 8.89. The maximum absolute atomic E-state index is 12.7. The number of hydrogen-bond acceptors (Lipinski definition) is 4. The molecule has 3 rings (SSSR count). The number of anilines is 1. The summed E-state index contributed by atoms with van der Waals surface area (Å²) in [4.78, 5) is 21.2. The van der Waals surface area contributed by atoms with Crippen molar-refractivity contribution in [2.75, 3.05) is 37.6 Å². The number of nitrogens with zero attached hydrogens (tertiary/aromatic N) is 4. The Morgan fingerprint density at radius 3 is 2.44 bits per heavy atom. The van der Waals surface area contributed by atoms with Crippen LogP contribution in [0.3, 0.4) is 0 Å². The van der Waals surface area contributed by atoms with E-state index >= 15 is 0 Å². The summed E-state index contributed by atoms with van der Waals surface area (Å²) in [6, 6.07) is 7.33. The number of carbonyl (C=O) groups excluding carboxylic acids is 1. The summed E-state index contributed by atoms with van der Waals surface area (Å²) in [7, 11) is 0. The molecular formula is C19H23F3N4O. The van der Waals surface area contributed by atoms with Crippen LogP contribution in [0.15, 0.2) is 30.5 Å². The lowest BCUT2D eigenvalue weighted by molar-refractivity contribution is -0.141. The number of aromatic nitrogens is 2. The maximum Gasteiger partial charge on any atom is 0.406 e. The van der Waals surface area contributed by atoms with Crippen LogP contribution in [0.2, 0.25) is 0 Å². The second-order valence-electron chi connectivity index (χ2n) is 6.86. The third-order valence-electron chi connectivity index (χ3n) is 4.92. The van der Waals surface area contributed by atoms with Gasteiger partial charge in [-0.15, -0.1) is 0 Å². The fourth-order valence-corrected chi connectivity index (χ4v) is 3.47. The second-order valence-corrected chi connectivity index (χ2v) is 6.86. The summed E-state index contributed by atoms with van der Waals surface area (Å²) in [6.07, 6.45) is -2.56. The molecule has 2 aromatic heterocycles. The van der Waals surface area contributed by atoms with Gasteiger partial charge in [0.05, 0.1) is 6.54 Å². The van der Waals surface area contributed by atoms with Crippen LogP contribution < -0.4 is 4.90 Å². The number of hydrogen-bond donors (Lipinski definition) is 0. The van der Waals surface area contributed by atoms with Crippen molar-refractivity contribution in [3.63, 3.8) is 0 Å². The summed E-state index contributed by atoms with van der Waals surface area (Å²) >= 11 is 0. The Morgan fingerprint density at radius 2 is 1.85 bits per heavy atom. The smallest absolute Gasteiger partial charge is 0.354 e. The molecule has 0 aromatic carbocycles. The average Bonchev–Trinajstić information content (AvgIpc) is 2.90. The van der Waals surface area contributed by atoms with E-state index in [-0.39, 0.29) is 12.3 Å². The number of aryl methyl sites for hydroxylation is 1. The molecule has 1 aliphatic heterocycles. The lowest BCUT2D eigenvalue weighted by atomic mass is 10.1. The largest absolute Gasteiger partial charge is 0.406 e. The minimum atomic E-state index is -4.31. The highest BCUT2D eigenvalue weighted by Crippen LogP contribution is 2.23. The van der Waals surface area contributed by atoms with E-state index < -0.39 is 12.7 Å². The number of alkyl halides is 3. The van der Waals surface area contributed by atoms with E-state index in [1.807, 2.05) is 23.1 Å². The zero-order valence-electron chi connectivity index (χ0n) is 15.5. The van der Waals surface area contributed by atoms with Crippen molar-refractivity contribution >= 4 is 11.6 Å². The molecule has 0 aliphatic carbocycles. The average molecular weight is 380 g/mol.